The lowest BCUT2D eigenvalue weighted by atomic mass is 10.1. The third kappa shape index (κ3) is 1.66. The molecule has 0 amide bonds. The summed E-state index contributed by atoms with van der Waals surface area (Å²) in [5.41, 5.74) is 8.87. The third-order valence-corrected chi connectivity index (χ3v) is 3.79. The van der Waals surface area contributed by atoms with Gasteiger partial charge in [-0.25, -0.2) is 4.98 Å². The molecule has 0 atom stereocenters. The van der Waals surface area contributed by atoms with Crippen molar-refractivity contribution in [3.8, 4) is 11.3 Å². The highest BCUT2D eigenvalue weighted by atomic mass is 32.1. The molecule has 0 radical (unpaired) electrons. The number of aryl methyl sites for hydroxylation is 1. The van der Waals surface area contributed by atoms with Crippen LogP contribution in [0.2, 0.25) is 0 Å². The number of aromatic nitrogens is 2. The van der Waals surface area contributed by atoms with Crippen molar-refractivity contribution in [3.05, 3.63) is 41.5 Å². The van der Waals surface area contributed by atoms with Gasteiger partial charge in [-0.2, -0.15) is 0 Å². The van der Waals surface area contributed by atoms with Gasteiger partial charge in [-0.05, 0) is 31.2 Å². The summed E-state index contributed by atoms with van der Waals surface area (Å²) in [6, 6.07) is 7.95. The van der Waals surface area contributed by atoms with Gasteiger partial charge in [0.1, 0.15) is 4.83 Å². The van der Waals surface area contributed by atoms with Crippen LogP contribution >= 0.6 is 11.3 Å². The second-order valence-electron chi connectivity index (χ2n) is 3.86. The van der Waals surface area contributed by atoms with Crippen molar-refractivity contribution in [2.24, 2.45) is 0 Å². The monoisotopic (exact) mass is 241 g/mol. The molecule has 4 heteroatoms. The molecule has 0 saturated heterocycles. The molecular formula is C13H11N3S. The Morgan fingerprint density at radius 2 is 1.88 bits per heavy atom. The predicted octanol–water partition coefficient (Wildman–Crippen LogP) is 3.25. The quantitative estimate of drug-likeness (QED) is 0.711. The number of pyridine rings is 2. The molecule has 3 nitrogen and oxygen atoms in total. The lowest BCUT2D eigenvalue weighted by Crippen LogP contribution is -1.86. The maximum Gasteiger partial charge on any atom is 0.126 e. The van der Waals surface area contributed by atoms with Crippen molar-refractivity contribution < 1.29 is 0 Å². The highest BCUT2D eigenvalue weighted by Gasteiger charge is 2.08. The van der Waals surface area contributed by atoms with Crippen LogP contribution in [0.25, 0.3) is 21.5 Å². The average Bonchev–Trinajstić information content (AvgIpc) is 2.66. The van der Waals surface area contributed by atoms with E-state index in [1.807, 2.05) is 31.2 Å². The highest BCUT2D eigenvalue weighted by Crippen LogP contribution is 2.33. The largest absolute Gasteiger partial charge is 0.397 e. The first-order chi connectivity index (χ1) is 8.25. The molecule has 17 heavy (non-hydrogen) atoms. The van der Waals surface area contributed by atoms with Crippen LogP contribution in [0.15, 0.2) is 36.7 Å². The molecule has 3 aromatic rings. The fourth-order valence-corrected chi connectivity index (χ4v) is 2.74. The van der Waals surface area contributed by atoms with Crippen molar-refractivity contribution in [1.29, 1.82) is 0 Å². The minimum atomic E-state index is 0.846. The van der Waals surface area contributed by atoms with E-state index in [9.17, 15) is 0 Å². The molecule has 0 spiro atoms. The van der Waals surface area contributed by atoms with Crippen molar-refractivity contribution in [3.63, 3.8) is 0 Å². The van der Waals surface area contributed by atoms with Crippen LogP contribution in [0.4, 0.5) is 5.69 Å². The molecule has 3 aromatic heterocycles. The van der Waals surface area contributed by atoms with Crippen molar-refractivity contribution in [2.75, 3.05) is 5.73 Å². The Balaban J connectivity index is 2.21. The topological polar surface area (TPSA) is 51.8 Å². The molecule has 0 aromatic carbocycles. The summed E-state index contributed by atoms with van der Waals surface area (Å²) in [4.78, 5) is 10.8. The van der Waals surface area contributed by atoms with Crippen LogP contribution in [-0.4, -0.2) is 9.97 Å². The molecule has 0 saturated carbocycles. The average molecular weight is 241 g/mol. The van der Waals surface area contributed by atoms with Gasteiger partial charge in [0.25, 0.3) is 0 Å². The maximum atomic E-state index is 5.99. The Morgan fingerprint density at radius 3 is 2.65 bits per heavy atom. The molecule has 0 bridgehead atoms. The molecule has 0 aliphatic carbocycles. The zero-order valence-electron chi connectivity index (χ0n) is 9.34. The number of nitrogens with zero attached hydrogens (tertiary/aromatic N) is 2. The van der Waals surface area contributed by atoms with Gasteiger partial charge >= 0.3 is 0 Å². The molecule has 3 heterocycles. The maximum absolute atomic E-state index is 5.99. The van der Waals surface area contributed by atoms with E-state index in [0.717, 1.165) is 32.0 Å². The Bertz CT molecular complexity index is 674. The van der Waals surface area contributed by atoms with E-state index in [1.165, 1.54) is 0 Å². The number of hydrogen-bond acceptors (Lipinski definition) is 4. The molecule has 0 aliphatic rings. The summed E-state index contributed by atoms with van der Waals surface area (Å²) in [6.07, 6.45) is 3.55. The molecule has 84 valence electrons. The highest BCUT2D eigenvalue weighted by molar-refractivity contribution is 7.19. The van der Waals surface area contributed by atoms with Crippen LogP contribution in [-0.2, 0) is 0 Å². The first-order valence-electron chi connectivity index (χ1n) is 5.32. The number of fused-ring (bicyclic) bond motifs is 1. The summed E-state index contributed by atoms with van der Waals surface area (Å²) in [7, 11) is 0. The normalized spacial score (nSPS) is 10.9. The smallest absolute Gasteiger partial charge is 0.126 e. The zero-order valence-corrected chi connectivity index (χ0v) is 10.2. The SMILES string of the molecule is Cc1sc2nc(-c3ccncc3)ccc2c1N. The second-order valence-corrected chi connectivity index (χ2v) is 5.06. The summed E-state index contributed by atoms with van der Waals surface area (Å²) in [6.45, 7) is 2.02. The Morgan fingerprint density at radius 1 is 1.12 bits per heavy atom. The predicted molar refractivity (Wildman–Crippen MR) is 72.0 cm³/mol. The van der Waals surface area contributed by atoms with Crippen molar-refractivity contribution in [2.45, 2.75) is 6.92 Å². The minimum absolute atomic E-state index is 0.846. The number of anilines is 1. The molecule has 0 fully saturated rings. The second kappa shape index (κ2) is 3.82. The molecule has 0 aliphatic heterocycles. The Kier molecular flexibility index (Phi) is 2.30. The minimum Gasteiger partial charge on any atom is -0.397 e. The van der Waals surface area contributed by atoms with Gasteiger partial charge in [0, 0.05) is 28.2 Å². The van der Waals surface area contributed by atoms with Crippen LogP contribution in [0.5, 0.6) is 0 Å². The number of thiophene rings is 1. The third-order valence-electron chi connectivity index (χ3n) is 2.76. The van der Waals surface area contributed by atoms with Crippen LogP contribution in [0.1, 0.15) is 4.88 Å². The van der Waals surface area contributed by atoms with Crippen LogP contribution in [0.3, 0.4) is 0 Å². The molecule has 2 N–H and O–H groups in total. The Labute approximate surface area is 103 Å². The van der Waals surface area contributed by atoms with Gasteiger partial charge in [0.05, 0.1) is 11.4 Å². The van der Waals surface area contributed by atoms with Crippen molar-refractivity contribution >= 4 is 27.2 Å². The van der Waals surface area contributed by atoms with Gasteiger partial charge in [-0.3, -0.25) is 4.98 Å². The summed E-state index contributed by atoms with van der Waals surface area (Å²) < 4.78 is 0. The van der Waals surface area contributed by atoms with E-state index in [0.29, 0.717) is 0 Å². The fraction of sp³-hybridized carbons (Fsp3) is 0.0769. The van der Waals surface area contributed by atoms with Gasteiger partial charge < -0.3 is 5.73 Å². The van der Waals surface area contributed by atoms with E-state index < -0.39 is 0 Å². The lowest BCUT2D eigenvalue weighted by molar-refractivity contribution is 1.31. The molecule has 0 unspecified atom stereocenters. The van der Waals surface area contributed by atoms with Crippen molar-refractivity contribution in [1.82, 2.24) is 9.97 Å². The number of nitrogens with two attached hydrogens (primary N) is 1. The van der Waals surface area contributed by atoms with E-state index in [4.69, 9.17) is 5.73 Å². The first-order valence-corrected chi connectivity index (χ1v) is 6.13. The standard InChI is InChI=1S/C13H11N3S/c1-8-12(14)10-2-3-11(16-13(10)17-8)9-4-6-15-7-5-9/h2-7H,14H2,1H3. The number of rotatable bonds is 1. The van der Waals surface area contributed by atoms with E-state index in [2.05, 4.69) is 9.97 Å². The van der Waals surface area contributed by atoms with Gasteiger partial charge in [-0.15, -0.1) is 11.3 Å². The summed E-state index contributed by atoms with van der Waals surface area (Å²) >= 11 is 1.64. The molecule has 3 rings (SSSR count). The van der Waals surface area contributed by atoms with Gasteiger partial charge in [0.15, 0.2) is 0 Å². The summed E-state index contributed by atoms with van der Waals surface area (Å²) in [5.74, 6) is 0. The van der Waals surface area contributed by atoms with Crippen LogP contribution < -0.4 is 5.73 Å². The first kappa shape index (κ1) is 10.2. The molecular weight excluding hydrogens is 230 g/mol. The van der Waals surface area contributed by atoms with Gasteiger partial charge in [-0.1, -0.05) is 0 Å². The van der Waals surface area contributed by atoms with E-state index >= 15 is 0 Å². The Hall–Kier alpha value is -1.94. The lowest BCUT2D eigenvalue weighted by Gasteiger charge is -2.00. The number of nitrogen functional groups attached to an aromatic ring is 1. The fourth-order valence-electron chi connectivity index (χ4n) is 1.80. The van der Waals surface area contributed by atoms with Crippen LogP contribution in [0, 0.1) is 6.92 Å². The zero-order chi connectivity index (χ0) is 11.8. The summed E-state index contributed by atoms with van der Waals surface area (Å²) in [5, 5.41) is 1.05. The van der Waals surface area contributed by atoms with Gasteiger partial charge in [0.2, 0.25) is 0 Å². The van der Waals surface area contributed by atoms with E-state index in [1.54, 1.807) is 23.7 Å². The number of hydrogen-bond donors (Lipinski definition) is 1. The van der Waals surface area contributed by atoms with E-state index in [-0.39, 0.29) is 0 Å².